The van der Waals surface area contributed by atoms with Crippen LogP contribution in [-0.2, 0) is 9.59 Å². The number of hydrogen-bond donors (Lipinski definition) is 2. The molecule has 3 rings (SSSR count). The summed E-state index contributed by atoms with van der Waals surface area (Å²) < 4.78 is 0. The molecule has 1 aliphatic carbocycles. The highest BCUT2D eigenvalue weighted by Crippen LogP contribution is 2.56. The van der Waals surface area contributed by atoms with Gasteiger partial charge in [0.25, 0.3) is 0 Å². The standard InChI is InChI=1S/C10H12N2O3S/c11-3-4-1-5(4)9-8(10(14)15)12-6(13)2-7(12)16-9/h4-5,7H,1-3,11H2,(H,14,15)/t4?,5?,7-/m1/s1. The summed E-state index contributed by atoms with van der Waals surface area (Å²) in [5, 5.41) is 9.20. The van der Waals surface area contributed by atoms with Crippen LogP contribution >= 0.6 is 11.8 Å². The summed E-state index contributed by atoms with van der Waals surface area (Å²) in [4.78, 5) is 24.8. The number of carbonyl (C=O) groups excluding carboxylic acids is 1. The molecule has 0 radical (unpaired) electrons. The lowest BCUT2D eigenvalue weighted by molar-refractivity contribution is -0.145. The maximum Gasteiger partial charge on any atom is 0.353 e. The second kappa shape index (κ2) is 3.24. The van der Waals surface area contributed by atoms with Crippen molar-refractivity contribution in [3.05, 3.63) is 10.6 Å². The van der Waals surface area contributed by atoms with Crippen LogP contribution in [0.4, 0.5) is 0 Å². The Morgan fingerprint density at radius 1 is 1.62 bits per heavy atom. The summed E-state index contributed by atoms with van der Waals surface area (Å²) in [6.45, 7) is 0.597. The Hall–Kier alpha value is -1.01. The summed E-state index contributed by atoms with van der Waals surface area (Å²) >= 11 is 1.54. The molecule has 6 heteroatoms. The maximum absolute atomic E-state index is 11.4. The van der Waals surface area contributed by atoms with Crippen LogP contribution < -0.4 is 5.73 Å². The van der Waals surface area contributed by atoms with Gasteiger partial charge in [-0.3, -0.25) is 9.69 Å². The Kier molecular flexibility index (Phi) is 2.06. The van der Waals surface area contributed by atoms with Gasteiger partial charge in [0, 0.05) is 4.91 Å². The van der Waals surface area contributed by atoms with Crippen LogP contribution in [-0.4, -0.2) is 33.8 Å². The summed E-state index contributed by atoms with van der Waals surface area (Å²) in [5.41, 5.74) is 5.78. The van der Waals surface area contributed by atoms with E-state index in [1.54, 1.807) is 0 Å². The number of amides is 1. The summed E-state index contributed by atoms with van der Waals surface area (Å²) in [6, 6.07) is 0. The lowest BCUT2D eigenvalue weighted by atomic mass is 10.1. The third-order valence-electron chi connectivity index (χ3n) is 3.41. The van der Waals surface area contributed by atoms with Gasteiger partial charge >= 0.3 is 5.97 Å². The molecule has 2 aliphatic heterocycles. The normalized spacial score (nSPS) is 36.2. The molecule has 86 valence electrons. The number of hydrogen-bond acceptors (Lipinski definition) is 4. The highest BCUT2D eigenvalue weighted by atomic mass is 32.2. The minimum atomic E-state index is -0.985. The molecule has 0 aromatic carbocycles. The molecule has 2 fully saturated rings. The van der Waals surface area contributed by atoms with Crippen molar-refractivity contribution in [2.75, 3.05) is 6.54 Å². The zero-order valence-electron chi connectivity index (χ0n) is 8.55. The van der Waals surface area contributed by atoms with E-state index in [-0.39, 0.29) is 22.9 Å². The topological polar surface area (TPSA) is 83.6 Å². The molecular weight excluding hydrogens is 228 g/mol. The van der Waals surface area contributed by atoms with Crippen molar-refractivity contribution in [1.82, 2.24) is 4.90 Å². The first-order chi connectivity index (χ1) is 7.63. The van der Waals surface area contributed by atoms with E-state index in [1.807, 2.05) is 0 Å². The fourth-order valence-electron chi connectivity index (χ4n) is 2.37. The van der Waals surface area contributed by atoms with Crippen LogP contribution in [0.5, 0.6) is 0 Å². The van der Waals surface area contributed by atoms with Crippen molar-refractivity contribution in [2.24, 2.45) is 17.6 Å². The van der Waals surface area contributed by atoms with E-state index >= 15 is 0 Å². The van der Waals surface area contributed by atoms with E-state index < -0.39 is 5.97 Å². The fraction of sp³-hybridized carbons (Fsp3) is 0.600. The van der Waals surface area contributed by atoms with Crippen molar-refractivity contribution in [2.45, 2.75) is 18.2 Å². The number of thioether (sulfide) groups is 1. The monoisotopic (exact) mass is 240 g/mol. The number of carbonyl (C=O) groups is 2. The first-order valence-corrected chi connectivity index (χ1v) is 6.17. The number of nitrogens with zero attached hydrogens (tertiary/aromatic N) is 1. The lowest BCUT2D eigenvalue weighted by Crippen LogP contribution is -2.48. The predicted octanol–water partition coefficient (Wildman–Crippen LogP) is 0.183. The average molecular weight is 240 g/mol. The number of fused-ring (bicyclic) bond motifs is 1. The van der Waals surface area contributed by atoms with Crippen molar-refractivity contribution < 1.29 is 14.7 Å². The summed E-state index contributed by atoms with van der Waals surface area (Å²) in [6.07, 6.45) is 1.43. The Labute approximate surface area is 96.7 Å². The Balaban J connectivity index is 1.91. The molecule has 1 saturated heterocycles. The molecular formula is C10H12N2O3S. The molecule has 0 aromatic rings. The molecule has 2 heterocycles. The number of nitrogens with two attached hydrogens (primary N) is 1. The third kappa shape index (κ3) is 1.23. The molecule has 3 atom stereocenters. The van der Waals surface area contributed by atoms with Gasteiger partial charge in [-0.05, 0) is 24.8 Å². The van der Waals surface area contributed by atoms with Gasteiger partial charge in [0.15, 0.2) is 0 Å². The van der Waals surface area contributed by atoms with Crippen LogP contribution in [0.3, 0.4) is 0 Å². The molecule has 2 unspecified atom stereocenters. The van der Waals surface area contributed by atoms with Crippen LogP contribution in [0, 0.1) is 11.8 Å². The first kappa shape index (κ1) is 10.2. The maximum atomic E-state index is 11.4. The van der Waals surface area contributed by atoms with Gasteiger partial charge in [-0.2, -0.15) is 0 Å². The molecule has 16 heavy (non-hydrogen) atoms. The van der Waals surface area contributed by atoms with E-state index in [4.69, 9.17) is 10.8 Å². The Morgan fingerprint density at radius 3 is 2.88 bits per heavy atom. The predicted molar refractivity (Wildman–Crippen MR) is 58.2 cm³/mol. The molecule has 0 bridgehead atoms. The highest BCUT2D eigenvalue weighted by Gasteiger charge is 2.53. The van der Waals surface area contributed by atoms with Crippen molar-refractivity contribution in [3.63, 3.8) is 0 Å². The number of rotatable bonds is 3. The second-order valence-electron chi connectivity index (χ2n) is 4.40. The van der Waals surface area contributed by atoms with Gasteiger partial charge in [0.05, 0.1) is 11.8 Å². The van der Waals surface area contributed by atoms with E-state index in [9.17, 15) is 9.59 Å². The number of carboxylic acids is 1. The van der Waals surface area contributed by atoms with Crippen molar-refractivity contribution in [3.8, 4) is 0 Å². The van der Waals surface area contributed by atoms with Gasteiger partial charge in [0.1, 0.15) is 5.70 Å². The lowest BCUT2D eigenvalue weighted by Gasteiger charge is -2.33. The van der Waals surface area contributed by atoms with Gasteiger partial charge in [-0.25, -0.2) is 4.79 Å². The molecule has 1 saturated carbocycles. The Bertz CT molecular complexity index is 420. The van der Waals surface area contributed by atoms with E-state index in [0.29, 0.717) is 18.9 Å². The average Bonchev–Trinajstić information content (AvgIpc) is 2.94. The number of aliphatic carboxylic acids is 1. The summed E-state index contributed by atoms with van der Waals surface area (Å²) in [7, 11) is 0. The van der Waals surface area contributed by atoms with Crippen LogP contribution in [0.1, 0.15) is 12.8 Å². The smallest absolute Gasteiger partial charge is 0.353 e. The molecule has 1 amide bonds. The van der Waals surface area contributed by atoms with Crippen LogP contribution in [0.15, 0.2) is 10.6 Å². The second-order valence-corrected chi connectivity index (χ2v) is 5.62. The SMILES string of the molecule is NCC1CC1C1=C(C(=O)O)N2C(=O)C[C@H]2S1. The minimum Gasteiger partial charge on any atom is -0.477 e. The number of β-lactam (4-membered cyclic amide) rings is 1. The molecule has 3 N–H and O–H groups in total. The van der Waals surface area contributed by atoms with E-state index in [1.165, 1.54) is 16.7 Å². The quantitative estimate of drug-likeness (QED) is 0.688. The van der Waals surface area contributed by atoms with Crippen molar-refractivity contribution in [1.29, 1.82) is 0 Å². The number of allylic oxidation sites excluding steroid dienone is 1. The molecule has 5 nitrogen and oxygen atoms in total. The zero-order valence-corrected chi connectivity index (χ0v) is 9.37. The van der Waals surface area contributed by atoms with Gasteiger partial charge in [0.2, 0.25) is 5.91 Å². The number of carboxylic acid groups (broad SMARTS) is 1. The first-order valence-electron chi connectivity index (χ1n) is 5.29. The summed E-state index contributed by atoms with van der Waals surface area (Å²) in [5.74, 6) is -0.374. The van der Waals surface area contributed by atoms with Crippen LogP contribution in [0.25, 0.3) is 0 Å². The van der Waals surface area contributed by atoms with Crippen LogP contribution in [0.2, 0.25) is 0 Å². The Morgan fingerprint density at radius 2 is 2.38 bits per heavy atom. The molecule has 3 aliphatic rings. The van der Waals surface area contributed by atoms with Gasteiger partial charge < -0.3 is 10.8 Å². The molecule has 0 aromatic heterocycles. The fourth-order valence-corrected chi connectivity index (χ4v) is 3.98. The molecule has 0 spiro atoms. The van der Waals surface area contributed by atoms with Gasteiger partial charge in [-0.15, -0.1) is 11.8 Å². The zero-order chi connectivity index (χ0) is 11.4. The van der Waals surface area contributed by atoms with E-state index in [2.05, 4.69) is 0 Å². The highest BCUT2D eigenvalue weighted by molar-refractivity contribution is 8.04. The minimum absolute atomic E-state index is 0.0348. The van der Waals surface area contributed by atoms with Gasteiger partial charge in [-0.1, -0.05) is 0 Å². The van der Waals surface area contributed by atoms with E-state index in [0.717, 1.165) is 11.3 Å². The van der Waals surface area contributed by atoms with Crippen molar-refractivity contribution >= 4 is 23.6 Å². The third-order valence-corrected chi connectivity index (χ3v) is 4.81. The largest absolute Gasteiger partial charge is 0.477 e.